The zero-order chi connectivity index (χ0) is 61.9. The van der Waals surface area contributed by atoms with Gasteiger partial charge in [0, 0.05) is 66.1 Å². The fraction of sp³-hybridized carbons (Fsp3) is 0.0122. The number of halogens is 3. The van der Waals surface area contributed by atoms with Crippen LogP contribution in [0.4, 0.5) is 13.2 Å². The lowest BCUT2D eigenvalue weighted by atomic mass is 9.95. The molecule has 0 unspecified atom stereocenters. The number of hydrogen-bond acceptors (Lipinski definition) is 5. The molecule has 92 heavy (non-hydrogen) atoms. The zero-order valence-corrected chi connectivity index (χ0v) is 49.1. The molecule has 0 spiro atoms. The van der Waals surface area contributed by atoms with Crippen LogP contribution in [0.3, 0.4) is 0 Å². The van der Waals surface area contributed by atoms with E-state index in [9.17, 15) is 5.26 Å². The van der Waals surface area contributed by atoms with Gasteiger partial charge in [0.15, 0.2) is 0 Å². The molecule has 10 aromatic carbocycles. The minimum atomic E-state index is -4.89. The van der Waals surface area contributed by atoms with Gasteiger partial charge in [-0.05, 0) is 108 Å². The van der Waals surface area contributed by atoms with E-state index in [0.717, 1.165) is 99.9 Å². The number of hydrogen-bond donors (Lipinski definition) is 0. The first-order valence-electron chi connectivity index (χ1n) is 30.2. The summed E-state index contributed by atoms with van der Waals surface area (Å²) in [5, 5.41) is 13.7. The molecular formula is C82H50F3N7. The molecule has 0 radical (unpaired) electrons. The van der Waals surface area contributed by atoms with Gasteiger partial charge in [0.1, 0.15) is 0 Å². The summed E-state index contributed by atoms with van der Waals surface area (Å²) in [6, 6.07) is 100. The molecule has 0 amide bonds. The summed E-state index contributed by atoms with van der Waals surface area (Å²) < 4.78 is 54.4. The Balaban J connectivity index is 1.03. The lowest BCUT2D eigenvalue weighted by Crippen LogP contribution is -2.12. The van der Waals surface area contributed by atoms with Gasteiger partial charge >= 0.3 is 6.18 Å². The Bertz CT molecular complexity index is 5300. The predicted molar refractivity (Wildman–Crippen MR) is 365 cm³/mol. The number of benzene rings is 10. The van der Waals surface area contributed by atoms with E-state index >= 15 is 13.2 Å². The van der Waals surface area contributed by atoms with E-state index in [1.807, 2.05) is 235 Å². The van der Waals surface area contributed by atoms with Crippen LogP contribution in [-0.2, 0) is 6.18 Å². The Hall–Kier alpha value is -12.3. The van der Waals surface area contributed by atoms with Gasteiger partial charge in [-0.15, -0.1) is 0 Å². The molecule has 16 aromatic rings. The molecule has 7 nitrogen and oxygen atoms in total. The fourth-order valence-corrected chi connectivity index (χ4v) is 12.8. The molecular weight excluding hydrogens is 1140 g/mol. The lowest BCUT2D eigenvalue weighted by molar-refractivity contribution is -0.137. The monoisotopic (exact) mass is 1190 g/mol. The number of pyridine rings is 4. The summed E-state index contributed by atoms with van der Waals surface area (Å²) in [5.74, 6) is 0. The minimum absolute atomic E-state index is 0.101. The van der Waals surface area contributed by atoms with Crippen molar-refractivity contribution in [3.8, 4) is 119 Å². The number of rotatable bonds is 11. The van der Waals surface area contributed by atoms with Crippen molar-refractivity contribution in [3.63, 3.8) is 0 Å². The Morgan fingerprint density at radius 1 is 0.272 bits per heavy atom. The molecule has 434 valence electrons. The van der Waals surface area contributed by atoms with E-state index in [0.29, 0.717) is 39.5 Å². The van der Waals surface area contributed by atoms with Gasteiger partial charge in [-0.1, -0.05) is 206 Å². The van der Waals surface area contributed by atoms with Crippen LogP contribution in [0.5, 0.6) is 0 Å². The van der Waals surface area contributed by atoms with E-state index < -0.39 is 11.7 Å². The van der Waals surface area contributed by atoms with Crippen molar-refractivity contribution in [2.24, 2.45) is 0 Å². The second-order valence-corrected chi connectivity index (χ2v) is 22.8. The molecule has 10 heteroatoms. The summed E-state index contributed by atoms with van der Waals surface area (Å²) in [5.41, 5.74) is 15.8. The SMILES string of the molecule is N#Cc1cccc(-c2cc(-n3c4cc(-c5cccc(-c6ccccc6)n5)ccc4c4ccc(-c5cccc(-c6ccccc6)n5)cc43)c(-n3c4cc(-c5cccc(-c6ccccc6)n5)ccc4c4ccc(-c5cccc(-c6ccccc6)n5)cc43)cc2C(F)(F)F)c1. The van der Waals surface area contributed by atoms with Gasteiger partial charge in [-0.2, -0.15) is 18.4 Å². The molecule has 0 aliphatic rings. The van der Waals surface area contributed by atoms with Crippen molar-refractivity contribution in [2.75, 3.05) is 0 Å². The van der Waals surface area contributed by atoms with Crippen molar-refractivity contribution in [1.29, 1.82) is 5.26 Å². The first kappa shape index (κ1) is 55.0. The topological polar surface area (TPSA) is 85.2 Å². The second-order valence-electron chi connectivity index (χ2n) is 22.8. The third kappa shape index (κ3) is 10.0. The van der Waals surface area contributed by atoms with E-state index in [2.05, 4.69) is 47.0 Å². The van der Waals surface area contributed by atoms with Crippen molar-refractivity contribution in [3.05, 3.63) is 314 Å². The van der Waals surface area contributed by atoms with Crippen molar-refractivity contribution in [2.45, 2.75) is 6.18 Å². The Morgan fingerprint density at radius 3 is 0.859 bits per heavy atom. The van der Waals surface area contributed by atoms with Crippen LogP contribution < -0.4 is 0 Å². The smallest absolute Gasteiger partial charge is 0.307 e. The molecule has 0 saturated carbocycles. The molecule has 0 atom stereocenters. The number of nitriles is 1. The number of aromatic nitrogens is 6. The van der Waals surface area contributed by atoms with E-state index in [-0.39, 0.29) is 22.4 Å². The zero-order valence-electron chi connectivity index (χ0n) is 49.1. The van der Waals surface area contributed by atoms with Gasteiger partial charge < -0.3 is 9.13 Å². The van der Waals surface area contributed by atoms with Crippen LogP contribution in [0.1, 0.15) is 11.1 Å². The van der Waals surface area contributed by atoms with Gasteiger partial charge in [-0.3, -0.25) is 0 Å². The summed E-state index contributed by atoms with van der Waals surface area (Å²) in [6.45, 7) is 0. The highest BCUT2D eigenvalue weighted by Crippen LogP contribution is 2.47. The van der Waals surface area contributed by atoms with E-state index in [1.165, 1.54) is 12.1 Å². The van der Waals surface area contributed by atoms with Crippen molar-refractivity contribution >= 4 is 43.6 Å². The molecule has 6 heterocycles. The summed E-state index contributed by atoms with van der Waals surface area (Å²) in [6.07, 6.45) is -4.89. The molecule has 6 aromatic heterocycles. The Morgan fingerprint density at radius 2 is 0.554 bits per heavy atom. The van der Waals surface area contributed by atoms with Crippen LogP contribution in [0.15, 0.2) is 303 Å². The second kappa shape index (κ2) is 22.7. The molecule has 0 fully saturated rings. The standard InChI is InChI=1S/C82H50F3N7/c83-82(84,85)67-50-81(92-78-47-60(74-34-16-30-70(89-74)55-23-9-3-10-24-55)38-42-64(78)65-43-39-61(48-79(65)92)75-35-17-31-71(90-75)56-25-11-4-12-26-56)80(49-66(67)57-27-13-18-52(44-57)51-86)91-76-45-58(72-32-14-28-68(87-72)53-19-5-1-6-20-53)36-40-62(76)63-41-37-59(46-77(63)91)73-33-15-29-69(88-73)54-21-7-2-8-22-54/h1-50H. The maximum absolute atomic E-state index is 16.8. The first-order chi connectivity index (χ1) is 45.2. The van der Waals surface area contributed by atoms with Gasteiger partial charge in [0.2, 0.25) is 0 Å². The molecule has 0 aliphatic carbocycles. The number of fused-ring (bicyclic) bond motifs is 6. The molecule has 0 aliphatic heterocycles. The van der Waals surface area contributed by atoms with Crippen LogP contribution in [0.2, 0.25) is 0 Å². The Kier molecular flexibility index (Phi) is 13.6. The average Bonchev–Trinajstić information content (AvgIpc) is 1.53. The van der Waals surface area contributed by atoms with Crippen molar-refractivity contribution in [1.82, 2.24) is 29.1 Å². The quantitative estimate of drug-likeness (QED) is 0.129. The lowest BCUT2D eigenvalue weighted by Gasteiger charge is -2.22. The van der Waals surface area contributed by atoms with Crippen LogP contribution in [-0.4, -0.2) is 29.1 Å². The highest BCUT2D eigenvalue weighted by molar-refractivity contribution is 6.14. The van der Waals surface area contributed by atoms with E-state index in [1.54, 1.807) is 24.3 Å². The summed E-state index contributed by atoms with van der Waals surface area (Å²) >= 11 is 0. The summed E-state index contributed by atoms with van der Waals surface area (Å²) in [4.78, 5) is 20.9. The van der Waals surface area contributed by atoms with Crippen LogP contribution in [0, 0.1) is 11.3 Å². The third-order valence-corrected chi connectivity index (χ3v) is 17.2. The van der Waals surface area contributed by atoms with Crippen LogP contribution >= 0.6 is 0 Å². The third-order valence-electron chi connectivity index (χ3n) is 17.2. The fourth-order valence-electron chi connectivity index (χ4n) is 12.8. The van der Waals surface area contributed by atoms with E-state index in [4.69, 9.17) is 19.9 Å². The van der Waals surface area contributed by atoms with Gasteiger partial charge in [0.05, 0.1) is 96.2 Å². The first-order valence-corrected chi connectivity index (χ1v) is 30.2. The maximum Gasteiger partial charge on any atom is 0.417 e. The van der Waals surface area contributed by atoms with Gasteiger partial charge in [-0.25, -0.2) is 19.9 Å². The normalized spacial score (nSPS) is 11.6. The van der Waals surface area contributed by atoms with Gasteiger partial charge in [0.25, 0.3) is 0 Å². The maximum atomic E-state index is 16.8. The Labute approximate surface area is 527 Å². The number of nitrogens with zero attached hydrogens (tertiary/aromatic N) is 7. The predicted octanol–water partition coefficient (Wildman–Crippen LogP) is 21.4. The highest BCUT2D eigenvalue weighted by Gasteiger charge is 2.36. The number of alkyl halides is 3. The molecule has 16 rings (SSSR count). The largest absolute Gasteiger partial charge is 0.417 e. The highest BCUT2D eigenvalue weighted by atomic mass is 19.4. The van der Waals surface area contributed by atoms with Crippen molar-refractivity contribution < 1.29 is 13.2 Å². The summed E-state index contributed by atoms with van der Waals surface area (Å²) in [7, 11) is 0. The molecule has 0 N–H and O–H groups in total. The van der Waals surface area contributed by atoms with Crippen LogP contribution in [0.25, 0.3) is 156 Å². The average molecular weight is 1190 g/mol. The minimum Gasteiger partial charge on any atom is -0.307 e. The molecule has 0 bridgehead atoms. The molecule has 0 saturated heterocycles.